The zero-order valence-corrected chi connectivity index (χ0v) is 45.5. The van der Waals surface area contributed by atoms with Crippen LogP contribution >= 0.6 is 24.5 Å². The summed E-state index contributed by atoms with van der Waals surface area (Å²) in [5, 5.41) is 0. The standard InChI is InChI=1S/C50H53BrF17O9PSi/c1-69-36-22-20-35(21-23-36)28-72-40-39(71-26-32-14-8-5-9-15-32)37(77-42(70-24-25-79(2,3)4)41(40)73-27-33-16-10-6-11-17-33)30-75-78(74-29-34-18-12-7-13-19-34)76-31-38(51)43(52,53)44(54,55)45(56,57)46(58,59)47(60,61)48(62,63)49(64,65)50(66,67)68/h5-23,37-42H,24-31H2,1-4H3/t37-,38?,39+,40+,41-,42-,78?/m1/s1. The lowest BCUT2D eigenvalue weighted by Gasteiger charge is -2.46. The summed E-state index contributed by atoms with van der Waals surface area (Å²) in [7, 11) is -3.61. The molecule has 0 bridgehead atoms. The minimum Gasteiger partial charge on any atom is -0.497 e. The van der Waals surface area contributed by atoms with Gasteiger partial charge in [0.2, 0.25) is 0 Å². The van der Waals surface area contributed by atoms with E-state index in [2.05, 4.69) is 19.6 Å². The number of hydrogen-bond acceptors (Lipinski definition) is 9. The van der Waals surface area contributed by atoms with Crippen molar-refractivity contribution in [2.24, 2.45) is 0 Å². The first-order valence-electron chi connectivity index (χ1n) is 23.5. The molecule has 442 valence electrons. The van der Waals surface area contributed by atoms with Crippen molar-refractivity contribution in [2.45, 2.75) is 135 Å². The number of alkyl halides is 18. The molecule has 1 saturated heterocycles. The van der Waals surface area contributed by atoms with Crippen molar-refractivity contribution in [3.63, 3.8) is 0 Å². The summed E-state index contributed by atoms with van der Waals surface area (Å²) in [4.78, 5) is -3.74. The van der Waals surface area contributed by atoms with Gasteiger partial charge in [-0.2, -0.15) is 74.6 Å². The van der Waals surface area contributed by atoms with Gasteiger partial charge in [0.05, 0.1) is 46.8 Å². The van der Waals surface area contributed by atoms with Crippen molar-refractivity contribution in [3.8, 4) is 5.75 Å². The van der Waals surface area contributed by atoms with Crippen molar-refractivity contribution in [1.29, 1.82) is 0 Å². The third-order valence-corrected chi connectivity index (χ3v) is 15.5. The van der Waals surface area contributed by atoms with Crippen LogP contribution < -0.4 is 4.74 Å². The van der Waals surface area contributed by atoms with E-state index in [4.69, 9.17) is 42.0 Å². The fourth-order valence-corrected chi connectivity index (χ4v) is 9.57. The summed E-state index contributed by atoms with van der Waals surface area (Å²) in [6.07, 6.45) is -14.1. The highest BCUT2D eigenvalue weighted by Crippen LogP contribution is 2.64. The Bertz CT molecular complexity index is 2470. The van der Waals surface area contributed by atoms with Crippen molar-refractivity contribution in [3.05, 3.63) is 138 Å². The van der Waals surface area contributed by atoms with Gasteiger partial charge in [-0.05, 0) is 40.4 Å². The molecule has 0 spiro atoms. The first-order chi connectivity index (χ1) is 36.6. The molecule has 79 heavy (non-hydrogen) atoms. The highest BCUT2D eigenvalue weighted by Gasteiger charge is 2.95. The smallest absolute Gasteiger partial charge is 0.460 e. The predicted octanol–water partition coefficient (Wildman–Crippen LogP) is 15.1. The van der Waals surface area contributed by atoms with Crippen LogP contribution in [-0.4, -0.2) is 118 Å². The normalized spacial score (nSPS) is 20.3. The van der Waals surface area contributed by atoms with E-state index in [1.807, 2.05) is 15.9 Å². The summed E-state index contributed by atoms with van der Waals surface area (Å²) in [5.74, 6) is -57.3. The highest BCUT2D eigenvalue weighted by molar-refractivity contribution is 9.09. The van der Waals surface area contributed by atoms with Gasteiger partial charge in [-0.1, -0.05) is 139 Å². The molecule has 1 aliphatic rings. The molecule has 0 radical (unpaired) electrons. The molecule has 0 aliphatic carbocycles. The number of hydrogen-bond donors (Lipinski definition) is 0. The lowest BCUT2D eigenvalue weighted by Crippen LogP contribution is -2.75. The predicted molar refractivity (Wildman–Crippen MR) is 258 cm³/mol. The number of methoxy groups -OCH3 is 1. The number of halogens is 18. The average molecular weight is 1260 g/mol. The molecule has 0 aromatic heterocycles. The molecule has 2 unspecified atom stereocenters. The Morgan fingerprint density at radius 3 is 1.37 bits per heavy atom. The second-order valence-electron chi connectivity index (χ2n) is 19.0. The van der Waals surface area contributed by atoms with E-state index in [-0.39, 0.29) is 26.4 Å². The van der Waals surface area contributed by atoms with Gasteiger partial charge in [0, 0.05) is 14.7 Å². The quantitative estimate of drug-likeness (QED) is 0.0219. The van der Waals surface area contributed by atoms with Crippen LogP contribution in [0.3, 0.4) is 0 Å². The third kappa shape index (κ3) is 15.5. The molecule has 4 aromatic carbocycles. The van der Waals surface area contributed by atoms with Crippen molar-refractivity contribution in [1.82, 2.24) is 0 Å². The maximum atomic E-state index is 15.5. The lowest BCUT2D eigenvalue weighted by atomic mass is 9.88. The molecule has 0 N–H and O–H groups in total. The maximum Gasteiger partial charge on any atom is 0.460 e. The van der Waals surface area contributed by atoms with Gasteiger partial charge >= 0.3 is 56.2 Å². The van der Waals surface area contributed by atoms with Gasteiger partial charge < -0.3 is 42.0 Å². The Kier molecular flexibility index (Phi) is 22.3. The van der Waals surface area contributed by atoms with E-state index in [0.29, 0.717) is 28.5 Å². The molecular weight excluding hydrogens is 1210 g/mol. The molecule has 0 amide bonds. The van der Waals surface area contributed by atoms with Gasteiger partial charge in [-0.3, -0.25) is 0 Å². The van der Waals surface area contributed by atoms with Crippen LogP contribution in [0.4, 0.5) is 74.6 Å². The van der Waals surface area contributed by atoms with Gasteiger partial charge in [-0.15, -0.1) is 0 Å². The van der Waals surface area contributed by atoms with Crippen LogP contribution in [0.25, 0.3) is 0 Å². The number of benzene rings is 4. The molecule has 9 nitrogen and oxygen atoms in total. The summed E-state index contributed by atoms with van der Waals surface area (Å²) in [6, 6.07) is 32.4. The molecule has 1 heterocycles. The summed E-state index contributed by atoms with van der Waals surface area (Å²) < 4.78 is 296. The Labute approximate surface area is 453 Å². The van der Waals surface area contributed by atoms with Crippen molar-refractivity contribution in [2.75, 3.05) is 26.9 Å². The fraction of sp³-hybridized carbons (Fsp3) is 0.520. The lowest BCUT2D eigenvalue weighted by molar-refractivity contribution is -0.461. The highest BCUT2D eigenvalue weighted by atomic mass is 79.9. The van der Waals surface area contributed by atoms with Crippen LogP contribution in [0.2, 0.25) is 25.7 Å². The minimum atomic E-state index is -8.79. The maximum absolute atomic E-state index is 15.5. The Balaban J connectivity index is 1.50. The van der Waals surface area contributed by atoms with Crippen molar-refractivity contribution >= 4 is 32.6 Å². The fourth-order valence-electron chi connectivity index (χ4n) is 7.19. The van der Waals surface area contributed by atoms with Crippen molar-refractivity contribution < 1.29 is 117 Å². The van der Waals surface area contributed by atoms with Crippen LogP contribution in [-0.2, 0) is 63.7 Å². The molecule has 1 aliphatic heterocycles. The zero-order chi connectivity index (χ0) is 58.9. The first-order valence-corrected chi connectivity index (χ1v) is 29.3. The van der Waals surface area contributed by atoms with Gasteiger partial charge in [0.15, 0.2) is 6.29 Å². The van der Waals surface area contributed by atoms with E-state index in [1.165, 1.54) is 31.4 Å². The van der Waals surface area contributed by atoms with E-state index < -0.39 is 120 Å². The van der Waals surface area contributed by atoms with Crippen LogP contribution in [0, 0.1) is 0 Å². The molecule has 5 rings (SSSR count). The molecule has 7 atom stereocenters. The van der Waals surface area contributed by atoms with Gasteiger partial charge in [-0.25, -0.2) is 0 Å². The monoisotopic (exact) mass is 1260 g/mol. The van der Waals surface area contributed by atoms with E-state index in [9.17, 15) is 57.1 Å². The number of ether oxygens (including phenoxy) is 6. The minimum absolute atomic E-state index is 0.0198. The largest absolute Gasteiger partial charge is 0.497 e. The second kappa shape index (κ2) is 26.7. The van der Waals surface area contributed by atoms with Crippen LogP contribution in [0.1, 0.15) is 22.3 Å². The SMILES string of the molecule is COc1ccc(CO[C@H]2[C@@H](OCc3ccccc3)[C@@H](COP(OCc3ccccc3)OCC(Br)C(F)(F)C(F)(F)C(F)(F)C(F)(F)C(F)(F)C(F)(F)C(F)(F)C(F)(F)F)O[C@@H](OCC[Si](C)(C)C)[C@@H]2OCc2ccccc2)cc1. The molecule has 29 heteroatoms. The van der Waals surface area contributed by atoms with Gasteiger partial charge in [0.25, 0.3) is 0 Å². The zero-order valence-electron chi connectivity index (χ0n) is 42.0. The average Bonchev–Trinajstić information content (AvgIpc) is 3.43. The van der Waals surface area contributed by atoms with Gasteiger partial charge in [0.1, 0.15) is 35.0 Å². The second-order valence-corrected chi connectivity index (χ2v) is 26.9. The third-order valence-electron chi connectivity index (χ3n) is 11.9. The van der Waals surface area contributed by atoms with E-state index in [0.717, 1.165) is 5.56 Å². The molecule has 1 fully saturated rings. The Morgan fingerprint density at radius 1 is 0.494 bits per heavy atom. The summed E-state index contributed by atoms with van der Waals surface area (Å²) in [5.41, 5.74) is 2.29. The van der Waals surface area contributed by atoms with Crippen LogP contribution in [0.5, 0.6) is 5.75 Å². The number of rotatable bonds is 30. The summed E-state index contributed by atoms with van der Waals surface area (Å²) in [6.45, 7) is 2.68. The Hall–Kier alpha value is -3.70. The van der Waals surface area contributed by atoms with E-state index >= 15 is 17.6 Å². The molecule has 4 aromatic rings. The first kappa shape index (κ1) is 66.1. The molecule has 0 saturated carbocycles. The molecular formula is C50H53BrF17O9PSi. The van der Waals surface area contributed by atoms with E-state index in [1.54, 1.807) is 91.0 Å². The van der Waals surface area contributed by atoms with Crippen LogP contribution in [0.15, 0.2) is 115 Å². The topological polar surface area (TPSA) is 83.1 Å². The summed E-state index contributed by atoms with van der Waals surface area (Å²) >= 11 is 1.85. The Morgan fingerprint density at radius 2 is 0.911 bits per heavy atom.